The molecule has 4 nitrogen and oxygen atoms in total. The molecule has 1 aromatic heterocycles. The Balaban J connectivity index is 2.01. The zero-order valence-corrected chi connectivity index (χ0v) is 12.6. The molecule has 0 aliphatic heterocycles. The Labute approximate surface area is 134 Å². The van der Waals surface area contributed by atoms with Gasteiger partial charge in [-0.3, -0.25) is 4.79 Å². The maximum Gasteiger partial charge on any atom is 0.219 e. The molecular formula is C19H15NO3. The predicted molar refractivity (Wildman–Crippen MR) is 87.2 cm³/mol. The lowest BCUT2D eigenvalue weighted by atomic mass is 10.0. The van der Waals surface area contributed by atoms with E-state index in [0.29, 0.717) is 28.5 Å². The minimum absolute atomic E-state index is 0.129. The fourth-order valence-corrected chi connectivity index (χ4v) is 2.17. The molecule has 1 heterocycles. The summed E-state index contributed by atoms with van der Waals surface area (Å²) in [5, 5.41) is 0. The van der Waals surface area contributed by atoms with Crippen LogP contribution in [0.15, 0.2) is 72.9 Å². The van der Waals surface area contributed by atoms with Crippen LogP contribution in [-0.4, -0.2) is 17.9 Å². The monoisotopic (exact) mass is 305 g/mol. The van der Waals surface area contributed by atoms with Crippen LogP contribution in [0.5, 0.6) is 17.4 Å². The van der Waals surface area contributed by atoms with Crippen LogP contribution in [0, 0.1) is 0 Å². The Morgan fingerprint density at radius 1 is 0.957 bits per heavy atom. The number of methoxy groups -OCH3 is 1. The van der Waals surface area contributed by atoms with Crippen molar-refractivity contribution >= 4 is 5.78 Å². The quantitative estimate of drug-likeness (QED) is 0.665. The molecule has 0 fully saturated rings. The van der Waals surface area contributed by atoms with Gasteiger partial charge >= 0.3 is 0 Å². The highest BCUT2D eigenvalue weighted by Gasteiger charge is 2.16. The molecule has 0 bridgehead atoms. The van der Waals surface area contributed by atoms with Crippen LogP contribution >= 0.6 is 0 Å². The van der Waals surface area contributed by atoms with Crippen molar-refractivity contribution in [1.82, 2.24) is 4.98 Å². The third-order valence-electron chi connectivity index (χ3n) is 3.32. The van der Waals surface area contributed by atoms with Gasteiger partial charge in [-0.05, 0) is 24.3 Å². The maximum absolute atomic E-state index is 12.8. The summed E-state index contributed by atoms with van der Waals surface area (Å²) >= 11 is 0. The number of ether oxygens (including phenoxy) is 2. The lowest BCUT2D eigenvalue weighted by molar-refractivity contribution is 0.103. The summed E-state index contributed by atoms with van der Waals surface area (Å²) in [6.07, 6.45) is 1.64. The van der Waals surface area contributed by atoms with Gasteiger partial charge in [-0.1, -0.05) is 36.4 Å². The summed E-state index contributed by atoms with van der Waals surface area (Å²) in [6.45, 7) is 0. The first-order chi connectivity index (χ1) is 11.3. The number of aromatic nitrogens is 1. The second kappa shape index (κ2) is 6.75. The van der Waals surface area contributed by atoms with Gasteiger partial charge in [0, 0.05) is 17.8 Å². The van der Waals surface area contributed by atoms with Gasteiger partial charge in [-0.2, -0.15) is 0 Å². The van der Waals surface area contributed by atoms with E-state index in [1.54, 1.807) is 55.8 Å². The van der Waals surface area contributed by atoms with Gasteiger partial charge in [0.15, 0.2) is 5.78 Å². The lowest BCUT2D eigenvalue weighted by Gasteiger charge is -2.11. The van der Waals surface area contributed by atoms with Crippen LogP contribution in [0.4, 0.5) is 0 Å². The van der Waals surface area contributed by atoms with Crippen molar-refractivity contribution in [3.63, 3.8) is 0 Å². The highest BCUT2D eigenvalue weighted by molar-refractivity contribution is 6.11. The van der Waals surface area contributed by atoms with Gasteiger partial charge in [-0.15, -0.1) is 0 Å². The molecule has 4 heteroatoms. The molecule has 0 saturated carbocycles. The van der Waals surface area contributed by atoms with Crippen molar-refractivity contribution in [3.8, 4) is 17.4 Å². The van der Waals surface area contributed by atoms with E-state index in [9.17, 15) is 4.79 Å². The molecule has 0 aliphatic carbocycles. The van der Waals surface area contributed by atoms with Crippen LogP contribution < -0.4 is 9.47 Å². The smallest absolute Gasteiger partial charge is 0.219 e. The number of pyridine rings is 1. The van der Waals surface area contributed by atoms with Gasteiger partial charge in [0.1, 0.15) is 11.5 Å². The number of hydrogen-bond donors (Lipinski definition) is 0. The number of nitrogens with zero attached hydrogens (tertiary/aromatic N) is 1. The number of ketones is 1. The molecule has 23 heavy (non-hydrogen) atoms. The van der Waals surface area contributed by atoms with Crippen molar-refractivity contribution in [1.29, 1.82) is 0 Å². The average Bonchev–Trinajstić information content (AvgIpc) is 2.63. The number of hydrogen-bond acceptors (Lipinski definition) is 4. The van der Waals surface area contributed by atoms with E-state index in [-0.39, 0.29) is 5.78 Å². The van der Waals surface area contributed by atoms with Crippen LogP contribution in [-0.2, 0) is 0 Å². The number of rotatable bonds is 5. The molecule has 0 atom stereocenters. The Morgan fingerprint density at radius 3 is 2.43 bits per heavy atom. The molecule has 0 unspecified atom stereocenters. The third-order valence-corrected chi connectivity index (χ3v) is 3.32. The molecule has 3 rings (SSSR count). The zero-order valence-electron chi connectivity index (χ0n) is 12.6. The Kier molecular flexibility index (Phi) is 4.34. The second-order valence-corrected chi connectivity index (χ2v) is 4.83. The fourth-order valence-electron chi connectivity index (χ4n) is 2.17. The Bertz CT molecular complexity index is 801. The SMILES string of the molecule is COc1ccc(Oc2ccccn2)c(C(=O)c2ccccc2)c1. The van der Waals surface area contributed by atoms with Gasteiger partial charge < -0.3 is 9.47 Å². The Morgan fingerprint density at radius 2 is 1.74 bits per heavy atom. The summed E-state index contributed by atoms with van der Waals surface area (Å²) in [5.41, 5.74) is 1.02. The molecular weight excluding hydrogens is 290 g/mol. The van der Waals surface area contributed by atoms with Crippen LogP contribution in [0.1, 0.15) is 15.9 Å². The standard InChI is InChI=1S/C19H15NO3/c1-22-15-10-11-17(23-18-9-5-6-12-20-18)16(13-15)19(21)14-7-3-2-4-8-14/h2-13H,1H3. The summed E-state index contributed by atoms with van der Waals surface area (Å²) in [5.74, 6) is 1.34. The van der Waals surface area contributed by atoms with Gasteiger partial charge in [0.2, 0.25) is 5.88 Å². The van der Waals surface area contributed by atoms with Crippen molar-refractivity contribution < 1.29 is 14.3 Å². The van der Waals surface area contributed by atoms with E-state index in [1.165, 1.54) is 0 Å². The molecule has 3 aromatic rings. The molecule has 114 valence electrons. The van der Waals surface area contributed by atoms with Crippen molar-refractivity contribution in [3.05, 3.63) is 84.1 Å². The molecule has 0 spiro atoms. The van der Waals surface area contributed by atoms with E-state index < -0.39 is 0 Å². The fraction of sp³-hybridized carbons (Fsp3) is 0.0526. The minimum Gasteiger partial charge on any atom is -0.497 e. The number of benzene rings is 2. The van der Waals surface area contributed by atoms with Crippen LogP contribution in [0.2, 0.25) is 0 Å². The highest BCUT2D eigenvalue weighted by atomic mass is 16.5. The van der Waals surface area contributed by atoms with Gasteiger partial charge in [0.05, 0.1) is 12.7 Å². The largest absolute Gasteiger partial charge is 0.497 e. The second-order valence-electron chi connectivity index (χ2n) is 4.83. The van der Waals surface area contributed by atoms with Crippen LogP contribution in [0.3, 0.4) is 0 Å². The normalized spacial score (nSPS) is 10.1. The number of carbonyl (C=O) groups is 1. The summed E-state index contributed by atoms with van der Waals surface area (Å²) < 4.78 is 11.0. The number of carbonyl (C=O) groups excluding carboxylic acids is 1. The molecule has 0 radical (unpaired) electrons. The predicted octanol–water partition coefficient (Wildman–Crippen LogP) is 4.11. The third kappa shape index (κ3) is 3.37. The van der Waals surface area contributed by atoms with E-state index in [0.717, 1.165) is 0 Å². The van der Waals surface area contributed by atoms with Crippen molar-refractivity contribution in [2.45, 2.75) is 0 Å². The summed E-state index contributed by atoms with van der Waals surface area (Å²) in [4.78, 5) is 16.9. The average molecular weight is 305 g/mol. The Hall–Kier alpha value is -3.14. The van der Waals surface area contributed by atoms with E-state index in [4.69, 9.17) is 9.47 Å². The van der Waals surface area contributed by atoms with Crippen LogP contribution in [0.25, 0.3) is 0 Å². The molecule has 2 aromatic carbocycles. The maximum atomic E-state index is 12.8. The lowest BCUT2D eigenvalue weighted by Crippen LogP contribution is -2.04. The first kappa shape index (κ1) is 14.8. The molecule has 0 amide bonds. The first-order valence-electron chi connectivity index (χ1n) is 7.14. The van der Waals surface area contributed by atoms with E-state index >= 15 is 0 Å². The minimum atomic E-state index is -0.129. The van der Waals surface area contributed by atoms with Gasteiger partial charge in [0.25, 0.3) is 0 Å². The van der Waals surface area contributed by atoms with Crippen molar-refractivity contribution in [2.75, 3.05) is 7.11 Å². The topological polar surface area (TPSA) is 48.4 Å². The van der Waals surface area contributed by atoms with E-state index in [1.807, 2.05) is 24.3 Å². The highest BCUT2D eigenvalue weighted by Crippen LogP contribution is 2.29. The molecule has 0 saturated heterocycles. The van der Waals surface area contributed by atoms with Crippen molar-refractivity contribution in [2.24, 2.45) is 0 Å². The van der Waals surface area contributed by atoms with Gasteiger partial charge in [-0.25, -0.2) is 4.98 Å². The van der Waals surface area contributed by atoms with E-state index in [2.05, 4.69) is 4.98 Å². The molecule has 0 aliphatic rings. The summed E-state index contributed by atoms with van der Waals surface area (Å²) in [6, 6.07) is 19.6. The first-order valence-corrected chi connectivity index (χ1v) is 7.14. The molecule has 0 N–H and O–H groups in total. The zero-order chi connectivity index (χ0) is 16.1. The summed E-state index contributed by atoms with van der Waals surface area (Å²) in [7, 11) is 1.56.